The second kappa shape index (κ2) is 6.53. The third-order valence-electron chi connectivity index (χ3n) is 5.57. The summed E-state index contributed by atoms with van der Waals surface area (Å²) in [6, 6.07) is 13.5. The number of carbonyl (C=O) groups is 1. The summed E-state index contributed by atoms with van der Waals surface area (Å²) in [5.41, 5.74) is 0.808. The summed E-state index contributed by atoms with van der Waals surface area (Å²) in [5, 5.41) is 0. The van der Waals surface area contributed by atoms with Crippen LogP contribution in [0.4, 0.5) is 0 Å². The van der Waals surface area contributed by atoms with Gasteiger partial charge < -0.3 is 19.1 Å². The molecule has 0 N–H and O–H groups in total. The number of benzene rings is 1. The summed E-state index contributed by atoms with van der Waals surface area (Å²) in [6.45, 7) is 1.85. The molecule has 0 saturated carbocycles. The van der Waals surface area contributed by atoms with Gasteiger partial charge in [-0.2, -0.15) is 0 Å². The SMILES string of the molecule is O=C([C@H]1Cc2ccccc2O1)N1CC2(C[C@H](Oc3ccccn3)CCO2)C1. The molecule has 3 aliphatic rings. The van der Waals surface area contributed by atoms with Crippen molar-refractivity contribution in [3.8, 4) is 11.6 Å². The molecule has 2 fully saturated rings. The number of ether oxygens (including phenoxy) is 3. The molecule has 140 valence electrons. The highest BCUT2D eigenvalue weighted by atomic mass is 16.5. The second-order valence-corrected chi connectivity index (χ2v) is 7.54. The smallest absolute Gasteiger partial charge is 0.264 e. The number of nitrogens with zero attached hydrogens (tertiary/aromatic N) is 2. The van der Waals surface area contributed by atoms with Crippen LogP contribution in [0.25, 0.3) is 0 Å². The van der Waals surface area contributed by atoms with E-state index in [0.29, 0.717) is 32.0 Å². The molecule has 2 saturated heterocycles. The quantitative estimate of drug-likeness (QED) is 0.834. The predicted octanol–water partition coefficient (Wildman–Crippen LogP) is 2.22. The number of fused-ring (bicyclic) bond motifs is 1. The van der Waals surface area contributed by atoms with E-state index in [1.807, 2.05) is 47.4 Å². The van der Waals surface area contributed by atoms with Gasteiger partial charge in [-0.3, -0.25) is 4.79 Å². The monoisotopic (exact) mass is 366 g/mol. The van der Waals surface area contributed by atoms with Gasteiger partial charge in [0.15, 0.2) is 6.10 Å². The van der Waals surface area contributed by atoms with Crippen molar-refractivity contribution in [2.45, 2.75) is 37.1 Å². The zero-order valence-corrected chi connectivity index (χ0v) is 15.0. The molecule has 6 heteroatoms. The van der Waals surface area contributed by atoms with Crippen molar-refractivity contribution < 1.29 is 19.0 Å². The summed E-state index contributed by atoms with van der Waals surface area (Å²) >= 11 is 0. The third-order valence-corrected chi connectivity index (χ3v) is 5.57. The van der Waals surface area contributed by atoms with Crippen LogP contribution < -0.4 is 9.47 Å². The fraction of sp³-hybridized carbons (Fsp3) is 0.429. The van der Waals surface area contributed by atoms with Crippen molar-refractivity contribution >= 4 is 5.91 Å². The van der Waals surface area contributed by atoms with Crippen LogP contribution in [0.3, 0.4) is 0 Å². The van der Waals surface area contributed by atoms with Crippen LogP contribution in [0.2, 0.25) is 0 Å². The van der Waals surface area contributed by atoms with Crippen molar-refractivity contribution in [2.24, 2.45) is 0 Å². The Kier molecular flexibility index (Phi) is 4.01. The minimum atomic E-state index is -0.413. The van der Waals surface area contributed by atoms with Gasteiger partial charge in [-0.25, -0.2) is 4.98 Å². The molecule has 1 aromatic heterocycles. The van der Waals surface area contributed by atoms with E-state index in [1.54, 1.807) is 6.20 Å². The van der Waals surface area contributed by atoms with E-state index in [1.165, 1.54) is 0 Å². The average molecular weight is 366 g/mol. The first kappa shape index (κ1) is 16.6. The second-order valence-electron chi connectivity index (χ2n) is 7.54. The van der Waals surface area contributed by atoms with Gasteiger partial charge >= 0.3 is 0 Å². The van der Waals surface area contributed by atoms with Crippen LogP contribution in [0.1, 0.15) is 18.4 Å². The summed E-state index contributed by atoms with van der Waals surface area (Å²) < 4.78 is 17.9. The topological polar surface area (TPSA) is 60.9 Å². The molecular formula is C21H22N2O4. The highest BCUT2D eigenvalue weighted by Crippen LogP contribution is 2.37. The molecule has 1 amide bonds. The molecule has 0 radical (unpaired) electrons. The van der Waals surface area contributed by atoms with Gasteiger partial charge in [0.25, 0.3) is 5.91 Å². The number of pyridine rings is 1. The van der Waals surface area contributed by atoms with E-state index < -0.39 is 6.10 Å². The Hall–Kier alpha value is -2.60. The highest BCUT2D eigenvalue weighted by molar-refractivity contribution is 5.83. The van der Waals surface area contributed by atoms with Crippen LogP contribution in [0.5, 0.6) is 11.6 Å². The van der Waals surface area contributed by atoms with Gasteiger partial charge in [-0.15, -0.1) is 0 Å². The first-order valence-corrected chi connectivity index (χ1v) is 9.46. The van der Waals surface area contributed by atoms with Gasteiger partial charge in [0.05, 0.1) is 19.7 Å². The van der Waals surface area contributed by atoms with Crippen molar-refractivity contribution in [2.75, 3.05) is 19.7 Å². The maximum atomic E-state index is 12.8. The maximum Gasteiger partial charge on any atom is 0.264 e. The first-order valence-electron chi connectivity index (χ1n) is 9.46. The van der Waals surface area contributed by atoms with Crippen LogP contribution >= 0.6 is 0 Å². The largest absolute Gasteiger partial charge is 0.480 e. The lowest BCUT2D eigenvalue weighted by Gasteiger charge is -2.53. The highest BCUT2D eigenvalue weighted by Gasteiger charge is 2.51. The number of likely N-dealkylation sites (tertiary alicyclic amines) is 1. The van der Waals surface area contributed by atoms with Gasteiger partial charge in [-0.05, 0) is 17.7 Å². The molecule has 6 nitrogen and oxygen atoms in total. The fourth-order valence-corrected chi connectivity index (χ4v) is 4.22. The Morgan fingerprint density at radius 1 is 1.19 bits per heavy atom. The standard InChI is InChI=1S/C21H22N2O4/c24-20(18-11-15-5-1-2-6-17(15)27-18)23-13-21(14-23)12-16(8-10-25-21)26-19-7-3-4-9-22-19/h1-7,9,16,18H,8,10-14H2/t16-,18-/m1/s1. The van der Waals surface area contributed by atoms with Crippen molar-refractivity contribution in [1.29, 1.82) is 0 Å². The van der Waals surface area contributed by atoms with Crippen LogP contribution in [0, 0.1) is 0 Å². The molecule has 2 aromatic rings. The number of rotatable bonds is 3. The van der Waals surface area contributed by atoms with Crippen LogP contribution in [-0.2, 0) is 16.0 Å². The number of aromatic nitrogens is 1. The number of carbonyl (C=O) groups excluding carboxylic acids is 1. The summed E-state index contributed by atoms with van der Waals surface area (Å²) in [7, 11) is 0. The van der Waals surface area contributed by atoms with Crippen molar-refractivity contribution in [3.63, 3.8) is 0 Å². The van der Waals surface area contributed by atoms with Gasteiger partial charge in [0, 0.05) is 31.5 Å². The third kappa shape index (κ3) is 3.14. The van der Waals surface area contributed by atoms with Crippen molar-refractivity contribution in [1.82, 2.24) is 9.88 Å². The minimum absolute atomic E-state index is 0.0493. The Bertz CT molecular complexity index is 810. The van der Waals surface area contributed by atoms with Crippen LogP contribution in [0.15, 0.2) is 48.7 Å². The van der Waals surface area contributed by atoms with Gasteiger partial charge in [-0.1, -0.05) is 24.3 Å². The summed E-state index contributed by atoms with van der Waals surface area (Å²) in [4.78, 5) is 18.9. The molecule has 4 heterocycles. The fourth-order valence-electron chi connectivity index (χ4n) is 4.22. The van der Waals surface area contributed by atoms with E-state index in [2.05, 4.69) is 4.98 Å². The van der Waals surface area contributed by atoms with Gasteiger partial charge in [0.1, 0.15) is 17.5 Å². The Labute approximate surface area is 158 Å². The lowest BCUT2D eigenvalue weighted by molar-refractivity contribution is -0.196. The molecule has 1 spiro atoms. The minimum Gasteiger partial charge on any atom is -0.480 e. The van der Waals surface area contributed by atoms with Gasteiger partial charge in [0.2, 0.25) is 5.88 Å². The molecular weight excluding hydrogens is 344 g/mol. The zero-order valence-electron chi connectivity index (χ0n) is 15.0. The number of hydrogen-bond donors (Lipinski definition) is 0. The average Bonchev–Trinajstić information content (AvgIpc) is 3.11. The molecule has 2 atom stereocenters. The van der Waals surface area contributed by atoms with Crippen LogP contribution in [-0.4, -0.2) is 53.3 Å². The Morgan fingerprint density at radius 3 is 2.85 bits per heavy atom. The number of hydrogen-bond acceptors (Lipinski definition) is 5. The van der Waals surface area contributed by atoms with E-state index in [9.17, 15) is 4.79 Å². The predicted molar refractivity (Wildman–Crippen MR) is 97.7 cm³/mol. The molecule has 1 aromatic carbocycles. The first-order chi connectivity index (χ1) is 13.2. The molecule has 0 aliphatic carbocycles. The van der Waals surface area contributed by atoms with E-state index >= 15 is 0 Å². The Morgan fingerprint density at radius 2 is 2.04 bits per heavy atom. The lowest BCUT2D eigenvalue weighted by Crippen LogP contribution is -2.69. The summed E-state index contributed by atoms with van der Waals surface area (Å²) in [6.07, 6.45) is 3.65. The maximum absolute atomic E-state index is 12.8. The Balaban J connectivity index is 1.18. The van der Waals surface area contributed by atoms with E-state index in [-0.39, 0.29) is 17.6 Å². The lowest BCUT2D eigenvalue weighted by atomic mass is 9.84. The van der Waals surface area contributed by atoms with Crippen molar-refractivity contribution in [3.05, 3.63) is 54.2 Å². The number of para-hydroxylation sites is 1. The number of amides is 1. The molecule has 0 unspecified atom stereocenters. The van der Waals surface area contributed by atoms with E-state index in [0.717, 1.165) is 24.2 Å². The van der Waals surface area contributed by atoms with E-state index in [4.69, 9.17) is 14.2 Å². The normalized spacial score (nSPS) is 25.4. The molecule has 27 heavy (non-hydrogen) atoms. The molecule has 5 rings (SSSR count). The molecule has 3 aliphatic heterocycles. The molecule has 0 bridgehead atoms. The zero-order chi connectivity index (χ0) is 18.3. The summed E-state index contributed by atoms with van der Waals surface area (Å²) in [5.74, 6) is 1.51.